The van der Waals surface area contributed by atoms with Crippen LogP contribution in [0.25, 0.3) is 0 Å². The lowest BCUT2D eigenvalue weighted by Gasteiger charge is -2.35. The van der Waals surface area contributed by atoms with E-state index >= 15 is 0 Å². The summed E-state index contributed by atoms with van der Waals surface area (Å²) < 4.78 is 5.27. The highest BCUT2D eigenvalue weighted by Gasteiger charge is 2.29. The first-order valence-corrected chi connectivity index (χ1v) is 6.45. The van der Waals surface area contributed by atoms with Crippen LogP contribution in [-0.4, -0.2) is 40.9 Å². The van der Waals surface area contributed by atoms with Gasteiger partial charge in [0.1, 0.15) is 5.60 Å². The molecule has 0 radical (unpaired) electrons. The number of hydrogen-bond acceptors (Lipinski definition) is 3. The molecule has 17 heavy (non-hydrogen) atoms. The van der Waals surface area contributed by atoms with Crippen molar-refractivity contribution >= 4 is 6.09 Å². The Morgan fingerprint density at radius 3 is 2.29 bits per heavy atom. The minimum Gasteiger partial charge on any atom is -0.444 e. The van der Waals surface area contributed by atoms with Gasteiger partial charge in [-0.05, 0) is 33.1 Å². The molecule has 0 aromatic rings. The molecule has 0 aliphatic carbocycles. The minimum atomic E-state index is -0.448. The maximum absolute atomic E-state index is 11.7. The maximum Gasteiger partial charge on any atom is 0.410 e. The largest absolute Gasteiger partial charge is 0.444 e. The number of rotatable bonds is 0. The number of amides is 1. The van der Waals surface area contributed by atoms with Crippen LogP contribution in [0.2, 0.25) is 0 Å². The molecule has 0 saturated carbocycles. The molecule has 1 rings (SSSR count). The van der Waals surface area contributed by atoms with E-state index in [1.54, 1.807) is 4.90 Å². The summed E-state index contributed by atoms with van der Waals surface area (Å²) in [5.74, 6) is 0.131. The molecule has 1 fully saturated rings. The van der Waals surface area contributed by atoms with Gasteiger partial charge in [0.2, 0.25) is 0 Å². The molecule has 1 aliphatic rings. The number of aliphatic hydroxyl groups excluding tert-OH is 1. The van der Waals surface area contributed by atoms with Gasteiger partial charge in [-0.2, -0.15) is 0 Å². The van der Waals surface area contributed by atoms with Crippen LogP contribution >= 0.6 is 0 Å². The maximum atomic E-state index is 11.7. The SMILES string of the molecule is CC.CC1CN(C(=O)OC(C)(C)C)CCC1O. The Kier molecular flexibility index (Phi) is 6.53. The van der Waals surface area contributed by atoms with Gasteiger partial charge in [0, 0.05) is 13.1 Å². The van der Waals surface area contributed by atoms with Gasteiger partial charge in [-0.3, -0.25) is 0 Å². The number of carbonyl (C=O) groups excluding carboxylic acids is 1. The number of carbonyl (C=O) groups is 1. The number of hydrogen-bond donors (Lipinski definition) is 1. The lowest BCUT2D eigenvalue weighted by atomic mass is 9.97. The summed E-state index contributed by atoms with van der Waals surface area (Å²) in [5, 5.41) is 9.53. The normalized spacial score (nSPS) is 24.8. The topological polar surface area (TPSA) is 49.8 Å². The highest BCUT2D eigenvalue weighted by atomic mass is 16.6. The fourth-order valence-electron chi connectivity index (χ4n) is 1.63. The lowest BCUT2D eigenvalue weighted by Crippen LogP contribution is -2.46. The van der Waals surface area contributed by atoms with E-state index in [9.17, 15) is 9.90 Å². The molecule has 4 heteroatoms. The summed E-state index contributed by atoms with van der Waals surface area (Å²) in [6.07, 6.45) is 0.0744. The Balaban J connectivity index is 0.00000121. The van der Waals surface area contributed by atoms with E-state index in [-0.39, 0.29) is 18.1 Å². The standard InChI is InChI=1S/C11H21NO3.C2H6/c1-8-7-12(6-5-9(8)13)10(14)15-11(2,3)4;1-2/h8-9,13H,5-7H2,1-4H3;1-2H3. The molecule has 0 spiro atoms. The molecule has 0 bridgehead atoms. The van der Waals surface area contributed by atoms with Crippen LogP contribution in [0.15, 0.2) is 0 Å². The molecule has 1 N–H and O–H groups in total. The van der Waals surface area contributed by atoms with Crippen molar-refractivity contribution in [1.82, 2.24) is 4.90 Å². The third-order valence-electron chi connectivity index (χ3n) is 2.51. The molecule has 2 unspecified atom stereocenters. The predicted molar refractivity (Wildman–Crippen MR) is 68.9 cm³/mol. The van der Waals surface area contributed by atoms with E-state index in [0.29, 0.717) is 19.5 Å². The second kappa shape index (κ2) is 6.84. The molecule has 0 aromatic carbocycles. The third-order valence-corrected chi connectivity index (χ3v) is 2.51. The summed E-state index contributed by atoms with van der Waals surface area (Å²) in [6, 6.07) is 0. The summed E-state index contributed by atoms with van der Waals surface area (Å²) in [6.45, 7) is 12.7. The van der Waals surface area contributed by atoms with Crippen LogP contribution in [0.4, 0.5) is 4.79 Å². The van der Waals surface area contributed by atoms with Crippen molar-refractivity contribution in [1.29, 1.82) is 0 Å². The van der Waals surface area contributed by atoms with Crippen molar-refractivity contribution < 1.29 is 14.6 Å². The predicted octanol–water partition coefficient (Wildman–Crippen LogP) is 2.65. The van der Waals surface area contributed by atoms with Crippen LogP contribution in [-0.2, 0) is 4.74 Å². The quantitative estimate of drug-likeness (QED) is 0.713. The van der Waals surface area contributed by atoms with E-state index in [0.717, 1.165) is 0 Å². The highest BCUT2D eigenvalue weighted by molar-refractivity contribution is 5.68. The number of likely N-dealkylation sites (tertiary alicyclic amines) is 1. The Hall–Kier alpha value is -0.770. The minimum absolute atomic E-state index is 0.131. The fraction of sp³-hybridized carbons (Fsp3) is 0.923. The first-order chi connectivity index (χ1) is 7.79. The van der Waals surface area contributed by atoms with Crippen molar-refractivity contribution in [2.75, 3.05) is 13.1 Å². The van der Waals surface area contributed by atoms with Crippen molar-refractivity contribution in [2.24, 2.45) is 5.92 Å². The lowest BCUT2D eigenvalue weighted by molar-refractivity contribution is -0.00488. The van der Waals surface area contributed by atoms with Crippen LogP contribution in [0, 0.1) is 5.92 Å². The van der Waals surface area contributed by atoms with Gasteiger partial charge < -0.3 is 14.7 Å². The average Bonchev–Trinajstić information content (AvgIpc) is 2.22. The molecule has 0 aromatic heterocycles. The molecule has 1 amide bonds. The first-order valence-electron chi connectivity index (χ1n) is 6.45. The zero-order valence-corrected chi connectivity index (χ0v) is 12.0. The second-order valence-electron chi connectivity index (χ2n) is 5.26. The molecular weight excluding hydrogens is 218 g/mol. The van der Waals surface area contributed by atoms with Gasteiger partial charge in [-0.25, -0.2) is 4.79 Å². The summed E-state index contributed by atoms with van der Waals surface area (Å²) in [5.41, 5.74) is -0.448. The molecule has 1 saturated heterocycles. The second-order valence-corrected chi connectivity index (χ2v) is 5.26. The van der Waals surface area contributed by atoms with Crippen LogP contribution in [0.5, 0.6) is 0 Å². The van der Waals surface area contributed by atoms with Crippen molar-refractivity contribution in [3.05, 3.63) is 0 Å². The van der Waals surface area contributed by atoms with E-state index in [1.165, 1.54) is 0 Å². The number of aliphatic hydroxyl groups is 1. The molecule has 2 atom stereocenters. The number of ether oxygens (including phenoxy) is 1. The number of piperidine rings is 1. The Morgan fingerprint density at radius 2 is 1.88 bits per heavy atom. The van der Waals surface area contributed by atoms with Crippen LogP contribution < -0.4 is 0 Å². The third kappa shape index (κ3) is 5.91. The van der Waals surface area contributed by atoms with Crippen molar-refractivity contribution in [2.45, 2.75) is 59.7 Å². The van der Waals surface area contributed by atoms with E-state index < -0.39 is 5.60 Å². The molecule has 1 heterocycles. The molecule has 1 aliphatic heterocycles. The zero-order valence-electron chi connectivity index (χ0n) is 12.0. The van der Waals surface area contributed by atoms with Crippen molar-refractivity contribution in [3.8, 4) is 0 Å². The Labute approximate surface area is 105 Å². The average molecular weight is 245 g/mol. The monoisotopic (exact) mass is 245 g/mol. The van der Waals surface area contributed by atoms with E-state index in [2.05, 4.69) is 0 Å². The molecule has 4 nitrogen and oxygen atoms in total. The molecular formula is C13H27NO3. The highest BCUT2D eigenvalue weighted by Crippen LogP contribution is 2.19. The fourth-order valence-corrected chi connectivity index (χ4v) is 1.63. The van der Waals surface area contributed by atoms with Gasteiger partial charge in [0.15, 0.2) is 0 Å². The van der Waals surface area contributed by atoms with E-state index in [1.807, 2.05) is 41.5 Å². The van der Waals surface area contributed by atoms with Crippen LogP contribution in [0.3, 0.4) is 0 Å². The van der Waals surface area contributed by atoms with Gasteiger partial charge in [0.25, 0.3) is 0 Å². The molecule has 102 valence electrons. The zero-order chi connectivity index (χ0) is 13.6. The first kappa shape index (κ1) is 16.2. The van der Waals surface area contributed by atoms with Crippen molar-refractivity contribution in [3.63, 3.8) is 0 Å². The van der Waals surface area contributed by atoms with E-state index in [4.69, 9.17) is 4.74 Å². The van der Waals surface area contributed by atoms with Gasteiger partial charge in [0.05, 0.1) is 6.10 Å². The number of nitrogens with zero attached hydrogens (tertiary/aromatic N) is 1. The Morgan fingerprint density at radius 1 is 1.35 bits per heavy atom. The summed E-state index contributed by atoms with van der Waals surface area (Å²) in [4.78, 5) is 13.4. The Bertz CT molecular complexity index is 235. The summed E-state index contributed by atoms with van der Waals surface area (Å²) in [7, 11) is 0. The van der Waals surface area contributed by atoms with Gasteiger partial charge in [-0.15, -0.1) is 0 Å². The van der Waals surface area contributed by atoms with Gasteiger partial charge in [-0.1, -0.05) is 20.8 Å². The smallest absolute Gasteiger partial charge is 0.410 e. The van der Waals surface area contributed by atoms with Crippen LogP contribution in [0.1, 0.15) is 48.0 Å². The summed E-state index contributed by atoms with van der Waals surface area (Å²) >= 11 is 0. The van der Waals surface area contributed by atoms with Gasteiger partial charge >= 0.3 is 6.09 Å².